The Labute approximate surface area is 116 Å². The number of hydrogen-bond acceptors (Lipinski definition) is 4. The second-order valence-corrected chi connectivity index (χ2v) is 4.37. The highest BCUT2D eigenvalue weighted by Gasteiger charge is 2.13. The average Bonchev–Trinajstić information content (AvgIpc) is 2.38. The van der Waals surface area contributed by atoms with Gasteiger partial charge in [0.05, 0.1) is 5.56 Å². The van der Waals surface area contributed by atoms with E-state index in [-0.39, 0.29) is 16.6 Å². The van der Waals surface area contributed by atoms with Gasteiger partial charge in [0.25, 0.3) is 5.91 Å². The molecular weight excluding hydrogens is 264 g/mol. The first kappa shape index (κ1) is 13.4. The number of hydrogen-bond donors (Lipinski definition) is 1. The first-order chi connectivity index (χ1) is 9.10. The number of aromatic nitrogens is 3. The maximum atomic E-state index is 12.0. The largest absolute Gasteiger partial charge is 0.306 e. The predicted molar refractivity (Wildman–Crippen MR) is 73.3 cm³/mol. The number of aryl methyl sites for hydroxylation is 2. The molecule has 0 radical (unpaired) electrons. The van der Waals surface area contributed by atoms with Gasteiger partial charge in [-0.2, -0.15) is 0 Å². The average molecular weight is 277 g/mol. The third-order valence-electron chi connectivity index (χ3n) is 2.51. The van der Waals surface area contributed by atoms with Crippen molar-refractivity contribution < 1.29 is 4.79 Å². The number of rotatable bonds is 3. The molecule has 0 spiro atoms. The summed E-state index contributed by atoms with van der Waals surface area (Å²) < 4.78 is 0. The van der Waals surface area contributed by atoms with Gasteiger partial charge in [0.15, 0.2) is 0 Å². The summed E-state index contributed by atoms with van der Waals surface area (Å²) in [5.41, 5.74) is 1.25. The van der Waals surface area contributed by atoms with E-state index in [2.05, 4.69) is 20.3 Å². The molecule has 0 aromatic carbocycles. The fourth-order valence-electron chi connectivity index (χ4n) is 1.51. The topological polar surface area (TPSA) is 67.8 Å². The predicted octanol–water partition coefficient (Wildman–Crippen LogP) is 2.65. The lowest BCUT2D eigenvalue weighted by molar-refractivity contribution is 0.102. The van der Waals surface area contributed by atoms with Crippen molar-refractivity contribution in [3.8, 4) is 0 Å². The molecule has 0 atom stereocenters. The molecule has 5 nitrogen and oxygen atoms in total. The van der Waals surface area contributed by atoms with Gasteiger partial charge in [-0.3, -0.25) is 4.79 Å². The van der Waals surface area contributed by atoms with Gasteiger partial charge in [-0.1, -0.05) is 18.5 Å². The molecule has 0 saturated carbocycles. The van der Waals surface area contributed by atoms with Gasteiger partial charge in [0, 0.05) is 18.8 Å². The lowest BCUT2D eigenvalue weighted by Crippen LogP contribution is -2.15. The van der Waals surface area contributed by atoms with Gasteiger partial charge in [0.1, 0.15) is 16.8 Å². The fraction of sp³-hybridized carbons (Fsp3) is 0.231. The summed E-state index contributed by atoms with van der Waals surface area (Å²) in [6.07, 6.45) is 3.73. The van der Waals surface area contributed by atoms with E-state index in [4.69, 9.17) is 11.6 Å². The minimum absolute atomic E-state index is 0.150. The molecule has 2 aromatic heterocycles. The van der Waals surface area contributed by atoms with Crippen LogP contribution in [0.1, 0.15) is 28.7 Å². The SMILES string of the molecule is CCc1ncc(C(=O)Nc2cc(C)ccn2)c(Cl)n1. The van der Waals surface area contributed by atoms with Crippen molar-refractivity contribution in [1.82, 2.24) is 15.0 Å². The smallest absolute Gasteiger partial charge is 0.261 e. The minimum atomic E-state index is -0.370. The molecule has 0 fully saturated rings. The van der Waals surface area contributed by atoms with E-state index in [9.17, 15) is 4.79 Å². The number of halogens is 1. The van der Waals surface area contributed by atoms with Crippen molar-refractivity contribution in [3.63, 3.8) is 0 Å². The van der Waals surface area contributed by atoms with Gasteiger partial charge in [-0.25, -0.2) is 15.0 Å². The van der Waals surface area contributed by atoms with Crippen LogP contribution in [0.15, 0.2) is 24.5 Å². The Bertz CT molecular complexity index is 615. The Morgan fingerprint density at radius 3 is 2.84 bits per heavy atom. The lowest BCUT2D eigenvalue weighted by Gasteiger charge is -2.06. The third kappa shape index (κ3) is 3.26. The summed E-state index contributed by atoms with van der Waals surface area (Å²) in [4.78, 5) is 24.2. The van der Waals surface area contributed by atoms with Crippen molar-refractivity contribution in [2.75, 3.05) is 5.32 Å². The highest BCUT2D eigenvalue weighted by molar-refractivity contribution is 6.33. The molecular formula is C13H13ClN4O. The van der Waals surface area contributed by atoms with E-state index in [1.165, 1.54) is 6.20 Å². The monoisotopic (exact) mass is 276 g/mol. The molecule has 2 rings (SSSR count). The quantitative estimate of drug-likeness (QED) is 0.875. The van der Waals surface area contributed by atoms with Gasteiger partial charge >= 0.3 is 0 Å². The zero-order chi connectivity index (χ0) is 13.8. The van der Waals surface area contributed by atoms with Gasteiger partial charge in [0.2, 0.25) is 0 Å². The summed E-state index contributed by atoms with van der Waals surface area (Å²) >= 11 is 5.97. The molecule has 0 aliphatic heterocycles. The number of amides is 1. The van der Waals surface area contributed by atoms with Crippen LogP contribution < -0.4 is 5.32 Å². The minimum Gasteiger partial charge on any atom is -0.306 e. The first-order valence-corrected chi connectivity index (χ1v) is 6.23. The van der Waals surface area contributed by atoms with E-state index in [1.54, 1.807) is 12.3 Å². The van der Waals surface area contributed by atoms with E-state index in [1.807, 2.05) is 19.9 Å². The number of nitrogens with zero attached hydrogens (tertiary/aromatic N) is 3. The Hall–Kier alpha value is -2.01. The first-order valence-electron chi connectivity index (χ1n) is 5.85. The Kier molecular flexibility index (Phi) is 4.06. The van der Waals surface area contributed by atoms with Crippen molar-refractivity contribution in [1.29, 1.82) is 0 Å². The van der Waals surface area contributed by atoms with Gasteiger partial charge < -0.3 is 5.32 Å². The molecule has 19 heavy (non-hydrogen) atoms. The molecule has 0 saturated heterocycles. The second-order valence-electron chi connectivity index (χ2n) is 4.02. The molecule has 1 amide bonds. The van der Waals surface area contributed by atoms with E-state index in [0.29, 0.717) is 18.1 Å². The van der Waals surface area contributed by atoms with Crippen molar-refractivity contribution in [2.45, 2.75) is 20.3 Å². The highest BCUT2D eigenvalue weighted by Crippen LogP contribution is 2.14. The van der Waals surface area contributed by atoms with Gasteiger partial charge in [-0.15, -0.1) is 0 Å². The fourth-order valence-corrected chi connectivity index (χ4v) is 1.74. The van der Waals surface area contributed by atoms with Crippen LogP contribution in [0.2, 0.25) is 5.15 Å². The summed E-state index contributed by atoms with van der Waals surface area (Å²) in [5.74, 6) is 0.710. The van der Waals surface area contributed by atoms with Crippen molar-refractivity contribution >= 4 is 23.3 Å². The van der Waals surface area contributed by atoms with Crippen LogP contribution in [0.25, 0.3) is 0 Å². The molecule has 1 N–H and O–H groups in total. The van der Waals surface area contributed by atoms with Crippen LogP contribution in [-0.2, 0) is 6.42 Å². The van der Waals surface area contributed by atoms with E-state index in [0.717, 1.165) is 5.56 Å². The second kappa shape index (κ2) is 5.75. The zero-order valence-electron chi connectivity index (χ0n) is 10.6. The Morgan fingerprint density at radius 1 is 1.42 bits per heavy atom. The van der Waals surface area contributed by atoms with Crippen molar-refractivity contribution in [2.24, 2.45) is 0 Å². The van der Waals surface area contributed by atoms with Crippen LogP contribution in [-0.4, -0.2) is 20.9 Å². The molecule has 0 aliphatic carbocycles. The highest BCUT2D eigenvalue weighted by atomic mass is 35.5. The van der Waals surface area contributed by atoms with Crippen LogP contribution in [0.4, 0.5) is 5.82 Å². The lowest BCUT2D eigenvalue weighted by atomic mass is 10.3. The number of nitrogens with one attached hydrogen (secondary N) is 1. The summed E-state index contributed by atoms with van der Waals surface area (Å²) in [5, 5.41) is 2.81. The van der Waals surface area contributed by atoms with Crippen LogP contribution >= 0.6 is 11.6 Å². The summed E-state index contributed by atoms with van der Waals surface area (Å²) in [7, 11) is 0. The van der Waals surface area contributed by atoms with Crippen LogP contribution in [0.3, 0.4) is 0 Å². The van der Waals surface area contributed by atoms with Gasteiger partial charge in [-0.05, 0) is 24.6 Å². The molecule has 2 heterocycles. The number of carbonyl (C=O) groups excluding carboxylic acids is 1. The molecule has 0 aliphatic rings. The van der Waals surface area contributed by atoms with Crippen LogP contribution in [0, 0.1) is 6.92 Å². The molecule has 0 unspecified atom stereocenters. The normalized spacial score (nSPS) is 10.3. The van der Waals surface area contributed by atoms with E-state index >= 15 is 0 Å². The van der Waals surface area contributed by atoms with Crippen molar-refractivity contribution in [3.05, 3.63) is 46.6 Å². The Balaban J connectivity index is 2.20. The van der Waals surface area contributed by atoms with E-state index < -0.39 is 0 Å². The molecule has 98 valence electrons. The molecule has 6 heteroatoms. The number of carbonyl (C=O) groups is 1. The zero-order valence-corrected chi connectivity index (χ0v) is 11.4. The third-order valence-corrected chi connectivity index (χ3v) is 2.80. The summed E-state index contributed by atoms with van der Waals surface area (Å²) in [6.45, 7) is 3.84. The number of anilines is 1. The Morgan fingerprint density at radius 2 is 2.21 bits per heavy atom. The standard InChI is InChI=1S/C13H13ClN4O/c1-3-10-16-7-9(12(14)17-10)13(19)18-11-6-8(2)4-5-15-11/h4-7H,3H2,1-2H3,(H,15,18,19). The maximum absolute atomic E-state index is 12.0. The maximum Gasteiger partial charge on any atom is 0.261 e. The molecule has 2 aromatic rings. The number of pyridine rings is 1. The molecule has 0 bridgehead atoms. The van der Waals surface area contributed by atoms with Crippen LogP contribution in [0.5, 0.6) is 0 Å². The summed E-state index contributed by atoms with van der Waals surface area (Å²) in [6, 6.07) is 3.62.